The lowest BCUT2D eigenvalue weighted by molar-refractivity contribution is -0.149. The van der Waals surface area contributed by atoms with Crippen LogP contribution >= 0.6 is 34.9 Å². The number of aromatic nitrogens is 2. The fourth-order valence-corrected chi connectivity index (χ4v) is 7.28. The first-order chi connectivity index (χ1) is 17.0. The topological polar surface area (TPSA) is 101 Å². The molecule has 3 aromatic rings. The molecule has 2 atom stereocenters. The van der Waals surface area contributed by atoms with Crippen molar-refractivity contribution in [3.05, 3.63) is 76.4 Å². The average Bonchev–Trinajstić information content (AvgIpc) is 3.36. The predicted octanol–water partition coefficient (Wildman–Crippen LogP) is 2.24. The summed E-state index contributed by atoms with van der Waals surface area (Å²) in [5, 5.41) is 4.42. The minimum atomic E-state index is -0.680. The molecule has 1 saturated heterocycles. The molecule has 176 valence electrons. The molecule has 0 bridgehead atoms. The molecular formula is C23H19BN4O4S3. The second-order valence-electron chi connectivity index (χ2n) is 7.72. The molecule has 2 aromatic heterocycles. The lowest BCUT2D eigenvalue weighted by atomic mass is 10.0. The summed E-state index contributed by atoms with van der Waals surface area (Å²) in [6.07, 6.45) is 3.61. The van der Waals surface area contributed by atoms with E-state index in [2.05, 4.69) is 15.3 Å². The number of hydrogen-bond acceptors (Lipinski definition) is 9. The zero-order valence-corrected chi connectivity index (χ0v) is 21.0. The molecule has 0 unspecified atom stereocenters. The SMILES string of the molecule is BOC(=O)C1=C(Sc2nc(-c3ccncc3)cs2)CS[C@@H]2[C@H](NC(=O)Cc3ccccc3)C(=O)N12. The maximum Gasteiger partial charge on any atom is 0.337 e. The molecule has 2 amide bonds. The second-order valence-corrected chi connectivity index (χ2v) is 11.0. The van der Waals surface area contributed by atoms with E-state index in [1.165, 1.54) is 47.8 Å². The van der Waals surface area contributed by atoms with Crippen molar-refractivity contribution in [3.63, 3.8) is 0 Å². The molecule has 2 aliphatic rings. The number of benzene rings is 1. The van der Waals surface area contributed by atoms with Gasteiger partial charge in [0.2, 0.25) is 5.91 Å². The van der Waals surface area contributed by atoms with E-state index >= 15 is 0 Å². The Morgan fingerprint density at radius 1 is 1.20 bits per heavy atom. The number of pyridine rings is 1. The molecule has 4 heterocycles. The van der Waals surface area contributed by atoms with Crippen LogP contribution in [-0.4, -0.2) is 57.9 Å². The molecule has 0 spiro atoms. The Balaban J connectivity index is 1.32. The summed E-state index contributed by atoms with van der Waals surface area (Å²) in [6, 6.07) is 12.4. The van der Waals surface area contributed by atoms with Crippen molar-refractivity contribution in [1.82, 2.24) is 20.2 Å². The quantitative estimate of drug-likeness (QED) is 0.373. The number of amides is 2. The highest BCUT2D eigenvalue weighted by Crippen LogP contribution is 2.46. The molecule has 0 radical (unpaired) electrons. The summed E-state index contributed by atoms with van der Waals surface area (Å²) < 4.78 is 5.76. The third-order valence-electron chi connectivity index (χ3n) is 5.51. The van der Waals surface area contributed by atoms with Gasteiger partial charge in [-0.2, -0.15) is 0 Å². The number of hydrogen-bond donors (Lipinski definition) is 1. The van der Waals surface area contributed by atoms with Gasteiger partial charge in [-0.1, -0.05) is 42.1 Å². The summed E-state index contributed by atoms with van der Waals surface area (Å²) in [5.74, 6) is -0.631. The highest BCUT2D eigenvalue weighted by atomic mass is 32.2. The summed E-state index contributed by atoms with van der Waals surface area (Å²) in [7, 11) is 1.29. The van der Waals surface area contributed by atoms with E-state index in [0.717, 1.165) is 21.2 Å². The molecule has 5 rings (SSSR count). The number of carbonyl (C=O) groups excluding carboxylic acids is 3. The van der Waals surface area contributed by atoms with E-state index in [0.29, 0.717) is 10.7 Å². The van der Waals surface area contributed by atoms with Crippen molar-refractivity contribution < 1.29 is 19.0 Å². The molecule has 1 aromatic carbocycles. The van der Waals surface area contributed by atoms with E-state index < -0.39 is 12.0 Å². The van der Waals surface area contributed by atoms with Crippen LogP contribution in [0.5, 0.6) is 0 Å². The number of thioether (sulfide) groups is 2. The second kappa shape index (κ2) is 10.3. The monoisotopic (exact) mass is 522 g/mol. The van der Waals surface area contributed by atoms with Crippen LogP contribution in [0.3, 0.4) is 0 Å². The van der Waals surface area contributed by atoms with E-state index in [1.54, 1.807) is 12.4 Å². The van der Waals surface area contributed by atoms with Crippen LogP contribution < -0.4 is 5.32 Å². The van der Waals surface area contributed by atoms with Crippen LogP contribution in [0, 0.1) is 0 Å². The van der Waals surface area contributed by atoms with Crippen LogP contribution in [0.25, 0.3) is 11.3 Å². The third-order valence-corrected chi connectivity index (χ3v) is 8.99. The van der Waals surface area contributed by atoms with Crippen LogP contribution in [0.4, 0.5) is 0 Å². The molecule has 35 heavy (non-hydrogen) atoms. The van der Waals surface area contributed by atoms with Crippen LogP contribution in [0.2, 0.25) is 0 Å². The van der Waals surface area contributed by atoms with Crippen LogP contribution in [0.15, 0.2) is 75.2 Å². The van der Waals surface area contributed by atoms with Gasteiger partial charge in [0.25, 0.3) is 5.91 Å². The lowest BCUT2D eigenvalue weighted by Crippen LogP contribution is -2.70. The molecule has 1 fully saturated rings. The molecule has 0 saturated carbocycles. The average molecular weight is 522 g/mol. The number of β-lactam (4-membered cyclic amide) rings is 1. The van der Waals surface area contributed by atoms with Crippen LogP contribution in [0.1, 0.15) is 5.56 Å². The highest BCUT2D eigenvalue weighted by molar-refractivity contribution is 8.07. The molecule has 12 heteroatoms. The van der Waals surface area contributed by atoms with Gasteiger partial charge in [0.05, 0.1) is 12.1 Å². The molecule has 1 N–H and O–H groups in total. The predicted molar refractivity (Wildman–Crippen MR) is 138 cm³/mol. The van der Waals surface area contributed by atoms with E-state index in [4.69, 9.17) is 4.65 Å². The van der Waals surface area contributed by atoms with Crippen LogP contribution in [-0.2, 0) is 25.5 Å². The molecular weight excluding hydrogens is 503 g/mol. The van der Waals surface area contributed by atoms with Gasteiger partial charge in [0.15, 0.2) is 4.34 Å². The normalized spacial score (nSPS) is 19.1. The van der Waals surface area contributed by atoms with E-state index in [1.807, 2.05) is 47.8 Å². The molecule has 2 aliphatic heterocycles. The van der Waals surface area contributed by atoms with Crippen molar-refractivity contribution in [2.45, 2.75) is 22.2 Å². The number of fused-ring (bicyclic) bond motifs is 1. The summed E-state index contributed by atoms with van der Waals surface area (Å²) in [5.41, 5.74) is 2.87. The van der Waals surface area contributed by atoms with Crippen molar-refractivity contribution in [2.24, 2.45) is 0 Å². The van der Waals surface area contributed by atoms with Gasteiger partial charge >= 0.3 is 14.0 Å². The zero-order chi connectivity index (χ0) is 24.4. The van der Waals surface area contributed by atoms with E-state index in [9.17, 15) is 14.4 Å². The minimum Gasteiger partial charge on any atom is -0.539 e. The Morgan fingerprint density at radius 3 is 2.71 bits per heavy atom. The molecule has 0 aliphatic carbocycles. The first kappa shape index (κ1) is 23.6. The Kier molecular flexibility index (Phi) is 6.94. The first-order valence-corrected chi connectivity index (χ1v) is 13.4. The summed E-state index contributed by atoms with van der Waals surface area (Å²) in [6.45, 7) is 0. The number of carbonyl (C=O) groups is 3. The number of rotatable bonds is 7. The minimum absolute atomic E-state index is 0.187. The summed E-state index contributed by atoms with van der Waals surface area (Å²) >= 11 is 4.33. The van der Waals surface area contributed by atoms with Gasteiger partial charge in [-0.05, 0) is 17.7 Å². The Hall–Kier alpha value is -3.09. The van der Waals surface area contributed by atoms with Crippen molar-refractivity contribution in [3.8, 4) is 11.3 Å². The van der Waals surface area contributed by atoms with Gasteiger partial charge < -0.3 is 9.97 Å². The van der Waals surface area contributed by atoms with E-state index in [-0.39, 0.29) is 29.3 Å². The van der Waals surface area contributed by atoms with Gasteiger partial charge in [0, 0.05) is 34.0 Å². The van der Waals surface area contributed by atoms with Crippen molar-refractivity contribution >= 4 is 60.7 Å². The molecule has 8 nitrogen and oxygen atoms in total. The fraction of sp³-hybridized carbons (Fsp3) is 0.174. The number of nitrogens with zero attached hydrogens (tertiary/aromatic N) is 3. The highest BCUT2D eigenvalue weighted by Gasteiger charge is 2.54. The zero-order valence-electron chi connectivity index (χ0n) is 18.5. The summed E-state index contributed by atoms with van der Waals surface area (Å²) in [4.78, 5) is 49.1. The van der Waals surface area contributed by atoms with Gasteiger partial charge in [-0.3, -0.25) is 19.5 Å². The number of thiazole rings is 1. The Labute approximate surface area is 215 Å². The first-order valence-electron chi connectivity index (χ1n) is 10.7. The smallest absolute Gasteiger partial charge is 0.337 e. The standard InChI is InChI=1S/C23H19BN4O4S3/c24-32-22(31)19-16(35-23-26-15(11-34-23)14-6-8-25-9-7-14)12-33-21-18(20(30)28(19)21)27-17(29)10-13-4-2-1-3-5-13/h1-9,11,18,21H,10,12,24H2,(H,27,29)/t18-,21-/m1/s1. The largest absolute Gasteiger partial charge is 0.539 e. The third kappa shape index (κ3) is 4.86. The maximum atomic E-state index is 13.0. The van der Waals surface area contributed by atoms with Gasteiger partial charge in [-0.25, -0.2) is 9.78 Å². The number of nitrogens with one attached hydrogen (secondary N) is 1. The van der Waals surface area contributed by atoms with Gasteiger partial charge in [-0.15, -0.1) is 23.1 Å². The Morgan fingerprint density at radius 2 is 1.97 bits per heavy atom. The maximum absolute atomic E-state index is 13.0. The van der Waals surface area contributed by atoms with Gasteiger partial charge in [0.1, 0.15) is 17.1 Å². The fourth-order valence-electron chi connectivity index (χ4n) is 3.83. The lowest BCUT2D eigenvalue weighted by Gasteiger charge is -2.49. The van der Waals surface area contributed by atoms with Crippen molar-refractivity contribution in [1.29, 1.82) is 0 Å². The van der Waals surface area contributed by atoms with Crippen molar-refractivity contribution in [2.75, 3.05) is 5.75 Å². The Bertz CT molecular complexity index is 1300.